The van der Waals surface area contributed by atoms with E-state index in [4.69, 9.17) is 10.5 Å². The normalized spacial score (nSPS) is 12.3. The molecule has 0 spiro atoms. The van der Waals surface area contributed by atoms with Crippen LogP contribution >= 0.6 is 11.3 Å². The Kier molecular flexibility index (Phi) is 5.05. The summed E-state index contributed by atoms with van der Waals surface area (Å²) in [5.74, 6) is -0.0218. The van der Waals surface area contributed by atoms with Gasteiger partial charge in [0.05, 0.1) is 17.6 Å². The van der Waals surface area contributed by atoms with Crippen LogP contribution in [-0.2, 0) is 33.5 Å². The van der Waals surface area contributed by atoms with Crippen molar-refractivity contribution in [2.75, 3.05) is 7.11 Å². The molecule has 0 saturated heterocycles. The van der Waals surface area contributed by atoms with Crippen LogP contribution in [0.25, 0.3) is 0 Å². The minimum Gasteiger partial charge on any atom is -0.378 e. The first-order valence-electron chi connectivity index (χ1n) is 5.28. The van der Waals surface area contributed by atoms with E-state index in [0.29, 0.717) is 18.2 Å². The smallest absolute Gasteiger partial charge is 0.159 e. The monoisotopic (exact) mass is 278 g/mol. The maximum atomic E-state index is 11.8. The molecular weight excluding hydrogens is 260 g/mol. The highest BCUT2D eigenvalue weighted by Crippen LogP contribution is 2.22. The third kappa shape index (κ3) is 3.74. The molecule has 1 aromatic rings. The number of thiazole rings is 1. The maximum Gasteiger partial charge on any atom is 0.159 e. The summed E-state index contributed by atoms with van der Waals surface area (Å²) in [4.78, 5) is 5.16. The van der Waals surface area contributed by atoms with Crippen molar-refractivity contribution >= 4 is 21.2 Å². The van der Waals surface area contributed by atoms with Gasteiger partial charge in [-0.1, -0.05) is 0 Å². The number of nitrogens with two attached hydrogens (primary N) is 1. The van der Waals surface area contributed by atoms with Gasteiger partial charge in [0, 0.05) is 18.5 Å². The Morgan fingerprint density at radius 3 is 2.59 bits per heavy atom. The van der Waals surface area contributed by atoms with Crippen LogP contribution in [0.1, 0.15) is 29.4 Å². The Bertz CT molecular complexity index is 466. The molecule has 0 unspecified atom stereocenters. The summed E-state index contributed by atoms with van der Waals surface area (Å²) in [6.07, 6.45) is 0. The zero-order chi connectivity index (χ0) is 13.1. The molecular formula is C10H18N2O3S2. The van der Waals surface area contributed by atoms with E-state index in [2.05, 4.69) is 4.98 Å². The van der Waals surface area contributed by atoms with Gasteiger partial charge in [-0.15, -0.1) is 11.3 Å². The number of nitrogens with zero attached hydrogens (tertiary/aromatic N) is 1. The molecule has 2 N–H and O–H groups in total. The van der Waals surface area contributed by atoms with E-state index >= 15 is 0 Å². The first-order valence-corrected chi connectivity index (χ1v) is 7.82. The van der Waals surface area contributed by atoms with Gasteiger partial charge in [-0.2, -0.15) is 0 Å². The molecule has 0 fully saturated rings. The molecule has 0 bridgehead atoms. The number of aromatic nitrogens is 1. The van der Waals surface area contributed by atoms with Crippen LogP contribution in [0.15, 0.2) is 0 Å². The Hall–Kier alpha value is -0.500. The summed E-state index contributed by atoms with van der Waals surface area (Å²) in [5, 5.41) is 0.199. The van der Waals surface area contributed by atoms with Gasteiger partial charge in [-0.05, 0) is 13.8 Å². The van der Waals surface area contributed by atoms with E-state index in [1.807, 2.05) is 0 Å². The molecule has 0 saturated carbocycles. The third-order valence-electron chi connectivity index (χ3n) is 2.33. The van der Waals surface area contributed by atoms with Crippen molar-refractivity contribution in [2.45, 2.75) is 38.0 Å². The highest BCUT2D eigenvalue weighted by Gasteiger charge is 2.20. The number of ether oxygens (including phenoxy) is 1. The highest BCUT2D eigenvalue weighted by molar-refractivity contribution is 7.91. The zero-order valence-corrected chi connectivity index (χ0v) is 11.9. The van der Waals surface area contributed by atoms with Crippen molar-refractivity contribution in [3.05, 3.63) is 15.6 Å². The lowest BCUT2D eigenvalue weighted by molar-refractivity contribution is 0.181. The van der Waals surface area contributed by atoms with Crippen LogP contribution in [0, 0.1) is 0 Å². The van der Waals surface area contributed by atoms with Crippen molar-refractivity contribution in [2.24, 2.45) is 5.73 Å². The molecule has 0 aromatic carbocycles. The number of sulfone groups is 1. The number of rotatable bonds is 6. The van der Waals surface area contributed by atoms with E-state index in [9.17, 15) is 8.42 Å². The molecule has 0 aliphatic heterocycles. The molecule has 0 radical (unpaired) electrons. The largest absolute Gasteiger partial charge is 0.378 e. The molecule has 0 aliphatic rings. The summed E-state index contributed by atoms with van der Waals surface area (Å²) in [6.45, 7) is 4.06. The van der Waals surface area contributed by atoms with Gasteiger partial charge < -0.3 is 10.5 Å². The van der Waals surface area contributed by atoms with Crippen molar-refractivity contribution in [3.63, 3.8) is 0 Å². The molecule has 7 heteroatoms. The van der Waals surface area contributed by atoms with Crippen LogP contribution in [0.3, 0.4) is 0 Å². The third-order valence-corrected chi connectivity index (χ3v) is 5.75. The summed E-state index contributed by atoms with van der Waals surface area (Å²) < 4.78 is 28.5. The predicted octanol–water partition coefficient (Wildman–Crippen LogP) is 1.07. The van der Waals surface area contributed by atoms with Crippen LogP contribution in [0.5, 0.6) is 0 Å². The van der Waals surface area contributed by atoms with E-state index in [0.717, 1.165) is 10.6 Å². The molecule has 1 heterocycles. The standard InChI is InChI=1S/C10H18N2O3S2/c1-7(2)17(13,14)6-10-12-8(5-15-3)9(4-11)16-10/h7H,4-6,11H2,1-3H3. The Morgan fingerprint density at radius 2 is 2.12 bits per heavy atom. The average molecular weight is 278 g/mol. The van der Waals surface area contributed by atoms with Crippen molar-refractivity contribution < 1.29 is 13.2 Å². The maximum absolute atomic E-state index is 11.8. The van der Waals surface area contributed by atoms with Crippen LogP contribution < -0.4 is 5.73 Å². The van der Waals surface area contributed by atoms with E-state index in [1.165, 1.54) is 11.3 Å². The van der Waals surface area contributed by atoms with Gasteiger partial charge in [-0.25, -0.2) is 13.4 Å². The van der Waals surface area contributed by atoms with Gasteiger partial charge in [0.15, 0.2) is 9.84 Å². The average Bonchev–Trinajstić information content (AvgIpc) is 2.60. The fourth-order valence-electron chi connectivity index (χ4n) is 1.25. The van der Waals surface area contributed by atoms with E-state index in [1.54, 1.807) is 21.0 Å². The van der Waals surface area contributed by atoms with Crippen LogP contribution in [0.2, 0.25) is 0 Å². The second-order valence-corrected chi connectivity index (χ2v) is 7.70. The van der Waals surface area contributed by atoms with Gasteiger partial charge in [-0.3, -0.25) is 0 Å². The lowest BCUT2D eigenvalue weighted by atomic mass is 10.4. The van der Waals surface area contributed by atoms with Crippen molar-refractivity contribution in [3.8, 4) is 0 Å². The molecule has 17 heavy (non-hydrogen) atoms. The van der Waals surface area contributed by atoms with Crippen molar-refractivity contribution in [1.29, 1.82) is 0 Å². The molecule has 98 valence electrons. The first-order chi connectivity index (χ1) is 7.90. The van der Waals surface area contributed by atoms with Gasteiger partial charge in [0.1, 0.15) is 10.8 Å². The predicted molar refractivity (Wildman–Crippen MR) is 68.5 cm³/mol. The van der Waals surface area contributed by atoms with Gasteiger partial charge in [0.25, 0.3) is 0 Å². The Balaban J connectivity index is 2.93. The zero-order valence-electron chi connectivity index (χ0n) is 10.3. The minimum atomic E-state index is -3.11. The summed E-state index contributed by atoms with van der Waals surface area (Å²) in [5.41, 5.74) is 6.33. The number of methoxy groups -OCH3 is 1. The lowest BCUT2D eigenvalue weighted by Gasteiger charge is -2.04. The molecule has 0 atom stereocenters. The quantitative estimate of drug-likeness (QED) is 0.841. The molecule has 1 aromatic heterocycles. The van der Waals surface area contributed by atoms with Crippen LogP contribution in [-0.4, -0.2) is 25.8 Å². The molecule has 0 amide bonds. The van der Waals surface area contributed by atoms with Gasteiger partial charge in [0.2, 0.25) is 0 Å². The molecule has 0 aliphatic carbocycles. The van der Waals surface area contributed by atoms with E-state index < -0.39 is 15.1 Å². The number of hydrogen-bond acceptors (Lipinski definition) is 6. The van der Waals surface area contributed by atoms with Crippen molar-refractivity contribution in [1.82, 2.24) is 4.98 Å². The molecule has 5 nitrogen and oxygen atoms in total. The fraction of sp³-hybridized carbons (Fsp3) is 0.700. The number of hydrogen-bond donors (Lipinski definition) is 1. The summed E-state index contributed by atoms with van der Waals surface area (Å²) in [7, 11) is -1.54. The second kappa shape index (κ2) is 5.90. The summed E-state index contributed by atoms with van der Waals surface area (Å²) in [6, 6.07) is 0. The fourth-order valence-corrected chi connectivity index (χ4v) is 3.46. The first kappa shape index (κ1) is 14.6. The van der Waals surface area contributed by atoms with Gasteiger partial charge >= 0.3 is 0 Å². The topological polar surface area (TPSA) is 82.3 Å². The SMILES string of the molecule is COCc1nc(CS(=O)(=O)C(C)C)sc1CN. The molecule has 1 rings (SSSR count). The summed E-state index contributed by atoms with van der Waals surface area (Å²) >= 11 is 1.35. The Labute approximate surface area is 106 Å². The second-order valence-electron chi connectivity index (χ2n) is 3.97. The minimum absolute atomic E-state index is 0.0218. The highest BCUT2D eigenvalue weighted by atomic mass is 32.2. The van der Waals surface area contributed by atoms with Crippen LogP contribution in [0.4, 0.5) is 0 Å². The Morgan fingerprint density at radius 1 is 1.47 bits per heavy atom. The van der Waals surface area contributed by atoms with E-state index in [-0.39, 0.29) is 5.75 Å². The lowest BCUT2D eigenvalue weighted by Crippen LogP contribution is -2.15.